The van der Waals surface area contributed by atoms with E-state index in [1.165, 1.54) is 7.11 Å². The number of methoxy groups -OCH3 is 1. The van der Waals surface area contributed by atoms with Crippen molar-refractivity contribution in [2.24, 2.45) is 5.73 Å². The van der Waals surface area contributed by atoms with Crippen LogP contribution in [0.5, 0.6) is 11.5 Å². The predicted molar refractivity (Wildman–Crippen MR) is 128 cm³/mol. The summed E-state index contributed by atoms with van der Waals surface area (Å²) < 4.78 is 12.5. The molecule has 0 aliphatic rings. The van der Waals surface area contributed by atoms with Gasteiger partial charge in [0.25, 0.3) is 11.8 Å². The Kier molecular flexibility index (Phi) is 6.88. The number of rotatable bonds is 9. The van der Waals surface area contributed by atoms with E-state index in [9.17, 15) is 9.59 Å². The fourth-order valence-corrected chi connectivity index (χ4v) is 3.49. The summed E-state index contributed by atoms with van der Waals surface area (Å²) >= 11 is 0. The quantitative estimate of drug-likeness (QED) is 0.402. The number of hydrogen-bond acceptors (Lipinski definition) is 5. The highest BCUT2D eigenvalue weighted by atomic mass is 16.5. The van der Waals surface area contributed by atoms with Gasteiger partial charge in [0.2, 0.25) is 0 Å². The second-order valence-corrected chi connectivity index (χ2v) is 7.47. The largest absolute Gasteiger partial charge is 0.493 e. The van der Waals surface area contributed by atoms with E-state index in [0.29, 0.717) is 17.1 Å². The van der Waals surface area contributed by atoms with Gasteiger partial charge in [-0.05, 0) is 42.0 Å². The van der Waals surface area contributed by atoms with Gasteiger partial charge in [-0.1, -0.05) is 42.5 Å². The van der Waals surface area contributed by atoms with Gasteiger partial charge in [0.1, 0.15) is 0 Å². The SMILES string of the molecule is COc1cc(CNC(=O)c2cccc(-n3nccc3-c3ccccc3)c2)ccc1OCC(N)=O. The van der Waals surface area contributed by atoms with Crippen LogP contribution in [0.1, 0.15) is 15.9 Å². The van der Waals surface area contributed by atoms with Gasteiger partial charge in [-0.25, -0.2) is 4.68 Å². The average molecular weight is 457 g/mol. The molecule has 34 heavy (non-hydrogen) atoms. The molecule has 0 saturated heterocycles. The van der Waals surface area contributed by atoms with Gasteiger partial charge in [0.15, 0.2) is 18.1 Å². The first kappa shape index (κ1) is 22.6. The Morgan fingerprint density at radius 2 is 1.79 bits per heavy atom. The van der Waals surface area contributed by atoms with Crippen molar-refractivity contribution >= 4 is 11.8 Å². The Morgan fingerprint density at radius 1 is 0.971 bits per heavy atom. The third-order valence-electron chi connectivity index (χ3n) is 5.12. The predicted octanol–water partition coefficient (Wildman–Crippen LogP) is 3.34. The fourth-order valence-electron chi connectivity index (χ4n) is 3.49. The Bertz CT molecular complexity index is 1300. The number of primary amides is 1. The van der Waals surface area contributed by atoms with E-state index in [2.05, 4.69) is 10.4 Å². The van der Waals surface area contributed by atoms with E-state index in [1.807, 2.05) is 53.2 Å². The van der Waals surface area contributed by atoms with E-state index >= 15 is 0 Å². The van der Waals surface area contributed by atoms with Gasteiger partial charge in [0.05, 0.1) is 24.7 Å². The molecule has 0 fully saturated rings. The third-order valence-corrected chi connectivity index (χ3v) is 5.12. The minimum Gasteiger partial charge on any atom is -0.493 e. The first-order valence-corrected chi connectivity index (χ1v) is 10.6. The van der Waals surface area contributed by atoms with Crippen LogP contribution in [-0.2, 0) is 11.3 Å². The standard InChI is InChI=1S/C26H24N4O4/c1-33-24-14-18(10-11-23(24)34-17-25(27)31)16-28-26(32)20-8-5-9-21(15-20)30-22(12-13-29-30)19-6-3-2-4-7-19/h2-15H,16-17H2,1H3,(H2,27,31)(H,28,32). The molecule has 172 valence electrons. The molecular formula is C26H24N4O4. The van der Waals surface area contributed by atoms with Crippen molar-refractivity contribution in [3.05, 3.63) is 96.2 Å². The molecule has 4 rings (SSSR count). The number of nitrogens with one attached hydrogen (secondary N) is 1. The average Bonchev–Trinajstić information content (AvgIpc) is 3.37. The molecular weight excluding hydrogens is 432 g/mol. The summed E-state index contributed by atoms with van der Waals surface area (Å²) in [6, 6.07) is 24.4. The summed E-state index contributed by atoms with van der Waals surface area (Å²) in [7, 11) is 1.50. The van der Waals surface area contributed by atoms with Gasteiger partial charge in [-0.2, -0.15) is 5.10 Å². The number of ether oxygens (including phenoxy) is 2. The molecule has 2 amide bonds. The molecule has 0 spiro atoms. The maximum atomic E-state index is 12.8. The summed E-state index contributed by atoms with van der Waals surface area (Å²) in [6.07, 6.45) is 1.74. The molecule has 0 saturated carbocycles. The molecule has 3 aromatic carbocycles. The van der Waals surface area contributed by atoms with E-state index in [4.69, 9.17) is 15.2 Å². The molecule has 0 atom stereocenters. The minimum atomic E-state index is -0.577. The van der Waals surface area contributed by atoms with E-state index in [1.54, 1.807) is 36.5 Å². The lowest BCUT2D eigenvalue weighted by Gasteiger charge is -2.12. The third kappa shape index (κ3) is 5.24. The summed E-state index contributed by atoms with van der Waals surface area (Å²) in [4.78, 5) is 23.8. The molecule has 8 nitrogen and oxygen atoms in total. The number of benzene rings is 3. The van der Waals surface area contributed by atoms with Crippen LogP contribution in [0.4, 0.5) is 0 Å². The van der Waals surface area contributed by atoms with Crippen molar-refractivity contribution in [3.63, 3.8) is 0 Å². The van der Waals surface area contributed by atoms with Crippen LogP contribution in [0.3, 0.4) is 0 Å². The number of nitrogens with zero attached hydrogens (tertiary/aromatic N) is 2. The van der Waals surface area contributed by atoms with Gasteiger partial charge >= 0.3 is 0 Å². The lowest BCUT2D eigenvalue weighted by molar-refractivity contribution is -0.119. The number of nitrogens with two attached hydrogens (primary N) is 1. The van der Waals surface area contributed by atoms with Gasteiger partial charge in [0, 0.05) is 17.7 Å². The van der Waals surface area contributed by atoms with E-state index in [0.717, 1.165) is 22.5 Å². The molecule has 1 aromatic heterocycles. The van der Waals surface area contributed by atoms with Crippen LogP contribution < -0.4 is 20.5 Å². The summed E-state index contributed by atoms with van der Waals surface area (Å²) in [6.45, 7) is 0.0393. The Morgan fingerprint density at radius 3 is 2.56 bits per heavy atom. The zero-order valence-electron chi connectivity index (χ0n) is 18.6. The molecule has 0 bridgehead atoms. The zero-order valence-corrected chi connectivity index (χ0v) is 18.6. The molecule has 0 unspecified atom stereocenters. The van der Waals surface area contributed by atoms with Crippen molar-refractivity contribution in [1.82, 2.24) is 15.1 Å². The van der Waals surface area contributed by atoms with Crippen molar-refractivity contribution < 1.29 is 19.1 Å². The molecule has 0 aliphatic carbocycles. The number of amides is 2. The Balaban J connectivity index is 1.47. The van der Waals surface area contributed by atoms with Gasteiger partial charge in [-0.3, -0.25) is 9.59 Å². The second-order valence-electron chi connectivity index (χ2n) is 7.47. The molecule has 4 aromatic rings. The van der Waals surface area contributed by atoms with E-state index in [-0.39, 0.29) is 19.1 Å². The van der Waals surface area contributed by atoms with Gasteiger partial charge in [-0.15, -0.1) is 0 Å². The molecule has 0 aliphatic heterocycles. The molecule has 8 heteroatoms. The number of hydrogen-bond donors (Lipinski definition) is 2. The van der Waals surface area contributed by atoms with Crippen LogP contribution >= 0.6 is 0 Å². The topological polar surface area (TPSA) is 108 Å². The molecule has 3 N–H and O–H groups in total. The number of carbonyl (C=O) groups excluding carboxylic acids is 2. The smallest absolute Gasteiger partial charge is 0.255 e. The maximum Gasteiger partial charge on any atom is 0.255 e. The van der Waals surface area contributed by atoms with Crippen LogP contribution in [0, 0.1) is 0 Å². The highest BCUT2D eigenvalue weighted by molar-refractivity contribution is 5.94. The highest BCUT2D eigenvalue weighted by Gasteiger charge is 2.12. The van der Waals surface area contributed by atoms with Crippen LogP contribution in [0.2, 0.25) is 0 Å². The van der Waals surface area contributed by atoms with Crippen molar-refractivity contribution in [1.29, 1.82) is 0 Å². The first-order chi connectivity index (χ1) is 16.5. The normalized spacial score (nSPS) is 10.5. The van der Waals surface area contributed by atoms with Crippen molar-refractivity contribution in [3.8, 4) is 28.4 Å². The fraction of sp³-hybridized carbons (Fsp3) is 0.115. The van der Waals surface area contributed by atoms with Crippen LogP contribution in [0.25, 0.3) is 16.9 Å². The van der Waals surface area contributed by atoms with Crippen LogP contribution in [-0.4, -0.2) is 35.3 Å². The maximum absolute atomic E-state index is 12.8. The lowest BCUT2D eigenvalue weighted by Crippen LogP contribution is -2.23. The Labute approximate surface area is 196 Å². The first-order valence-electron chi connectivity index (χ1n) is 10.6. The number of aromatic nitrogens is 2. The number of carbonyl (C=O) groups is 2. The Hall–Kier alpha value is -4.59. The monoisotopic (exact) mass is 456 g/mol. The molecule has 1 heterocycles. The lowest BCUT2D eigenvalue weighted by atomic mass is 10.1. The van der Waals surface area contributed by atoms with Crippen LogP contribution in [0.15, 0.2) is 85.1 Å². The van der Waals surface area contributed by atoms with Gasteiger partial charge < -0.3 is 20.5 Å². The van der Waals surface area contributed by atoms with Crippen molar-refractivity contribution in [2.75, 3.05) is 13.7 Å². The summed E-state index contributed by atoms with van der Waals surface area (Å²) in [5, 5.41) is 7.36. The second kappa shape index (κ2) is 10.4. The van der Waals surface area contributed by atoms with Crippen molar-refractivity contribution in [2.45, 2.75) is 6.54 Å². The summed E-state index contributed by atoms with van der Waals surface area (Å²) in [5.74, 6) is 0.0505. The minimum absolute atomic E-state index is 0.219. The molecule has 0 radical (unpaired) electrons. The zero-order chi connectivity index (χ0) is 23.9. The summed E-state index contributed by atoms with van der Waals surface area (Å²) in [5.41, 5.74) is 9.20. The van der Waals surface area contributed by atoms with E-state index < -0.39 is 5.91 Å². The highest BCUT2D eigenvalue weighted by Crippen LogP contribution is 2.28.